The van der Waals surface area contributed by atoms with E-state index in [1.54, 1.807) is 23.8 Å². The lowest BCUT2D eigenvalue weighted by Gasteiger charge is -2.21. The molecule has 1 aliphatic heterocycles. The molecule has 1 aliphatic rings. The molecule has 1 aromatic rings. The molecule has 0 radical (unpaired) electrons. The minimum Gasteiger partial charge on any atom is -0.497 e. The second kappa shape index (κ2) is 7.62. The summed E-state index contributed by atoms with van der Waals surface area (Å²) in [7, 11) is 3.49. The van der Waals surface area contributed by atoms with E-state index in [-0.39, 0.29) is 24.4 Å². The monoisotopic (exact) mass is 302 g/mol. The van der Waals surface area contributed by atoms with E-state index < -0.39 is 0 Å². The summed E-state index contributed by atoms with van der Waals surface area (Å²) in [6.45, 7) is 0.610. The maximum absolute atomic E-state index is 12.1. The highest BCUT2D eigenvalue weighted by Gasteiger charge is 2.25. The van der Waals surface area contributed by atoms with Crippen molar-refractivity contribution in [3.63, 3.8) is 0 Å². The topological polar surface area (TPSA) is 41.6 Å². The van der Waals surface area contributed by atoms with Crippen LogP contribution >= 0.6 is 24.2 Å². The molecule has 4 nitrogen and oxygen atoms in total. The second-order valence-electron chi connectivity index (χ2n) is 4.32. The summed E-state index contributed by atoms with van der Waals surface area (Å²) in [4.78, 5) is 13.9. The molecule has 0 bridgehead atoms. The first-order valence-corrected chi connectivity index (χ1v) is 7.05. The summed E-state index contributed by atoms with van der Waals surface area (Å²) in [6, 6.07) is 7.77. The van der Waals surface area contributed by atoms with E-state index >= 15 is 0 Å². The third-order valence-electron chi connectivity index (χ3n) is 2.94. The number of amides is 1. The number of halogens is 1. The van der Waals surface area contributed by atoms with E-state index in [1.165, 1.54) is 0 Å². The van der Waals surface area contributed by atoms with Crippen LogP contribution in [0.15, 0.2) is 24.3 Å². The van der Waals surface area contributed by atoms with Gasteiger partial charge >= 0.3 is 0 Å². The highest BCUT2D eigenvalue weighted by Crippen LogP contribution is 2.16. The van der Waals surface area contributed by atoms with Crippen LogP contribution in [0.5, 0.6) is 5.75 Å². The van der Waals surface area contributed by atoms with Gasteiger partial charge in [-0.15, -0.1) is 24.2 Å². The average Bonchev–Trinajstić information content (AvgIpc) is 2.92. The summed E-state index contributed by atoms with van der Waals surface area (Å²) < 4.78 is 5.18. The molecule has 1 heterocycles. The Labute approximate surface area is 124 Å². The van der Waals surface area contributed by atoms with E-state index in [2.05, 4.69) is 5.32 Å². The van der Waals surface area contributed by atoms with Gasteiger partial charge in [-0.25, -0.2) is 0 Å². The zero-order chi connectivity index (χ0) is 13.0. The van der Waals surface area contributed by atoms with Crippen molar-refractivity contribution >= 4 is 30.1 Å². The number of likely N-dealkylation sites (N-methyl/N-ethyl adjacent to an activating group) is 1. The molecule has 1 N–H and O–H groups in total. The maximum Gasteiger partial charge on any atom is 0.240 e. The van der Waals surface area contributed by atoms with Gasteiger partial charge in [0, 0.05) is 25.2 Å². The first kappa shape index (κ1) is 16.1. The quantitative estimate of drug-likeness (QED) is 0.920. The minimum absolute atomic E-state index is 0. The van der Waals surface area contributed by atoms with E-state index in [0.717, 1.165) is 22.9 Å². The van der Waals surface area contributed by atoms with Gasteiger partial charge < -0.3 is 9.64 Å². The fraction of sp³-hybridized carbons (Fsp3) is 0.462. The van der Waals surface area contributed by atoms with Gasteiger partial charge in [-0.3, -0.25) is 10.1 Å². The highest BCUT2D eigenvalue weighted by atomic mass is 35.5. The Balaban J connectivity index is 0.00000180. The number of hydrogen-bond donors (Lipinski definition) is 1. The lowest BCUT2D eigenvalue weighted by atomic mass is 10.2. The minimum atomic E-state index is -0.0365. The van der Waals surface area contributed by atoms with Crippen molar-refractivity contribution < 1.29 is 9.53 Å². The molecule has 1 amide bonds. The van der Waals surface area contributed by atoms with Gasteiger partial charge in [0.2, 0.25) is 5.91 Å². The van der Waals surface area contributed by atoms with Crippen LogP contribution in [0.1, 0.15) is 5.56 Å². The van der Waals surface area contributed by atoms with Crippen molar-refractivity contribution in [1.82, 2.24) is 10.2 Å². The van der Waals surface area contributed by atoms with Gasteiger partial charge in [-0.05, 0) is 17.7 Å². The van der Waals surface area contributed by atoms with Crippen molar-refractivity contribution in [3.05, 3.63) is 29.8 Å². The van der Waals surface area contributed by atoms with E-state index in [1.807, 2.05) is 31.3 Å². The van der Waals surface area contributed by atoms with Gasteiger partial charge in [0.25, 0.3) is 0 Å². The lowest BCUT2D eigenvalue weighted by Crippen LogP contribution is -2.42. The van der Waals surface area contributed by atoms with Gasteiger partial charge in [0.1, 0.15) is 5.75 Å². The van der Waals surface area contributed by atoms with Crippen molar-refractivity contribution in [2.45, 2.75) is 12.6 Å². The molecule has 106 valence electrons. The van der Waals surface area contributed by atoms with Crippen LogP contribution < -0.4 is 10.1 Å². The van der Waals surface area contributed by atoms with Crippen LogP contribution in [0, 0.1) is 0 Å². The zero-order valence-corrected chi connectivity index (χ0v) is 12.7. The number of methoxy groups -OCH3 is 1. The van der Waals surface area contributed by atoms with Crippen LogP contribution in [0.3, 0.4) is 0 Å². The second-order valence-corrected chi connectivity index (χ2v) is 5.35. The third-order valence-corrected chi connectivity index (χ3v) is 3.88. The van der Waals surface area contributed by atoms with E-state index in [0.29, 0.717) is 6.54 Å². The smallest absolute Gasteiger partial charge is 0.240 e. The third kappa shape index (κ3) is 4.30. The molecule has 1 atom stereocenters. The Morgan fingerprint density at radius 2 is 2.37 bits per heavy atom. The van der Waals surface area contributed by atoms with Gasteiger partial charge in [0.15, 0.2) is 0 Å². The number of benzene rings is 1. The average molecular weight is 303 g/mol. The van der Waals surface area contributed by atoms with Crippen molar-refractivity contribution in [2.75, 3.05) is 25.8 Å². The molecular weight excluding hydrogens is 284 g/mol. The van der Waals surface area contributed by atoms with Crippen molar-refractivity contribution in [3.8, 4) is 5.75 Å². The van der Waals surface area contributed by atoms with Crippen LogP contribution in [0.25, 0.3) is 0 Å². The van der Waals surface area contributed by atoms with Gasteiger partial charge in [0.05, 0.1) is 13.2 Å². The Hall–Kier alpha value is -0.910. The molecule has 1 saturated heterocycles. The van der Waals surface area contributed by atoms with Gasteiger partial charge in [-0.2, -0.15) is 0 Å². The van der Waals surface area contributed by atoms with E-state index in [9.17, 15) is 4.79 Å². The molecule has 1 aromatic carbocycles. The largest absolute Gasteiger partial charge is 0.497 e. The number of hydrogen-bond acceptors (Lipinski definition) is 4. The summed E-state index contributed by atoms with van der Waals surface area (Å²) in [5.74, 6) is 2.70. The molecule has 0 saturated carbocycles. The number of thioether (sulfide) groups is 1. The number of nitrogens with one attached hydrogen (secondary N) is 1. The van der Waals surface area contributed by atoms with Crippen molar-refractivity contribution in [2.24, 2.45) is 0 Å². The Morgan fingerprint density at radius 1 is 1.58 bits per heavy atom. The number of carbonyl (C=O) groups is 1. The van der Waals surface area contributed by atoms with E-state index in [4.69, 9.17) is 4.74 Å². The summed E-state index contributed by atoms with van der Waals surface area (Å²) in [5, 5.41) is 3.19. The summed E-state index contributed by atoms with van der Waals surface area (Å²) in [5.41, 5.74) is 1.08. The Morgan fingerprint density at radius 3 is 3.00 bits per heavy atom. The van der Waals surface area contributed by atoms with Crippen LogP contribution in [0.4, 0.5) is 0 Å². The van der Waals surface area contributed by atoms with Crippen LogP contribution in [-0.4, -0.2) is 42.6 Å². The number of rotatable bonds is 4. The highest BCUT2D eigenvalue weighted by molar-refractivity contribution is 7.99. The number of nitrogens with zero attached hydrogens (tertiary/aromatic N) is 1. The Bertz CT molecular complexity index is 425. The molecule has 19 heavy (non-hydrogen) atoms. The van der Waals surface area contributed by atoms with Crippen LogP contribution in [-0.2, 0) is 11.3 Å². The number of ether oxygens (including phenoxy) is 1. The zero-order valence-electron chi connectivity index (χ0n) is 11.1. The molecule has 0 aliphatic carbocycles. The van der Waals surface area contributed by atoms with Gasteiger partial charge in [-0.1, -0.05) is 12.1 Å². The van der Waals surface area contributed by atoms with Crippen LogP contribution in [0.2, 0.25) is 0 Å². The summed E-state index contributed by atoms with van der Waals surface area (Å²) >= 11 is 1.76. The Kier molecular flexibility index (Phi) is 6.48. The molecule has 0 aromatic heterocycles. The fourth-order valence-electron chi connectivity index (χ4n) is 1.94. The first-order chi connectivity index (χ1) is 8.70. The number of carbonyl (C=O) groups excluding carboxylic acids is 1. The fourth-order valence-corrected chi connectivity index (χ4v) is 2.88. The predicted octanol–water partition coefficient (Wildman–Crippen LogP) is 1.74. The predicted molar refractivity (Wildman–Crippen MR) is 81.0 cm³/mol. The summed E-state index contributed by atoms with van der Waals surface area (Å²) in [6.07, 6.45) is 0. The lowest BCUT2D eigenvalue weighted by molar-refractivity contribution is -0.131. The molecule has 0 spiro atoms. The molecule has 2 rings (SSSR count). The molecule has 6 heteroatoms. The standard InChI is InChI=1S/C13H18N2O2S.ClH/c1-15(13(16)12-8-18-9-14-12)7-10-4-3-5-11(6-10)17-2;/h3-6,12,14H,7-9H2,1-2H3;1H. The first-order valence-electron chi connectivity index (χ1n) is 5.89. The molecule has 1 unspecified atom stereocenters. The van der Waals surface area contributed by atoms with Crippen molar-refractivity contribution in [1.29, 1.82) is 0 Å². The SMILES string of the molecule is COc1cccc(CN(C)C(=O)C2CSCN2)c1.Cl. The molecule has 1 fully saturated rings. The maximum atomic E-state index is 12.1. The normalized spacial score (nSPS) is 17.7. The molecular formula is C13H19ClN2O2S.